The SMILES string of the molecule is CC(=O)Nc1cccc(NCc2cccc(O)c2O)c1. The first-order valence-corrected chi connectivity index (χ1v) is 6.17. The highest BCUT2D eigenvalue weighted by molar-refractivity contribution is 5.89. The van der Waals surface area contributed by atoms with Gasteiger partial charge in [0, 0.05) is 30.4 Å². The van der Waals surface area contributed by atoms with E-state index in [4.69, 9.17) is 0 Å². The summed E-state index contributed by atoms with van der Waals surface area (Å²) < 4.78 is 0. The summed E-state index contributed by atoms with van der Waals surface area (Å²) in [5, 5.41) is 24.9. The van der Waals surface area contributed by atoms with Gasteiger partial charge in [0.15, 0.2) is 11.5 Å². The third-order valence-electron chi connectivity index (χ3n) is 2.76. The molecule has 0 bridgehead atoms. The van der Waals surface area contributed by atoms with Gasteiger partial charge in [-0.2, -0.15) is 0 Å². The van der Waals surface area contributed by atoms with Gasteiger partial charge in [0.05, 0.1) is 0 Å². The minimum atomic E-state index is -0.142. The Bertz CT molecular complexity index is 626. The van der Waals surface area contributed by atoms with Gasteiger partial charge in [-0.25, -0.2) is 0 Å². The quantitative estimate of drug-likeness (QED) is 0.645. The lowest BCUT2D eigenvalue weighted by Gasteiger charge is -2.10. The summed E-state index contributed by atoms with van der Waals surface area (Å²) in [6.07, 6.45) is 0. The topological polar surface area (TPSA) is 81.6 Å². The third-order valence-corrected chi connectivity index (χ3v) is 2.76. The molecule has 0 spiro atoms. The van der Waals surface area contributed by atoms with Crippen molar-refractivity contribution in [3.05, 3.63) is 48.0 Å². The Hall–Kier alpha value is -2.69. The van der Waals surface area contributed by atoms with Crippen LogP contribution in [-0.2, 0) is 11.3 Å². The summed E-state index contributed by atoms with van der Waals surface area (Å²) in [5.74, 6) is -0.401. The Balaban J connectivity index is 2.07. The number of carbonyl (C=O) groups is 1. The van der Waals surface area contributed by atoms with Gasteiger partial charge < -0.3 is 20.8 Å². The highest BCUT2D eigenvalue weighted by atomic mass is 16.3. The van der Waals surface area contributed by atoms with Crippen molar-refractivity contribution in [2.24, 2.45) is 0 Å². The Kier molecular flexibility index (Phi) is 4.10. The van der Waals surface area contributed by atoms with Gasteiger partial charge in [-0.1, -0.05) is 18.2 Å². The molecule has 2 aromatic carbocycles. The Morgan fingerprint density at radius 3 is 2.55 bits per heavy atom. The van der Waals surface area contributed by atoms with Gasteiger partial charge in [-0.15, -0.1) is 0 Å². The van der Waals surface area contributed by atoms with Crippen molar-refractivity contribution in [1.29, 1.82) is 0 Å². The molecule has 5 heteroatoms. The number of hydrogen-bond acceptors (Lipinski definition) is 4. The highest BCUT2D eigenvalue weighted by Gasteiger charge is 2.05. The van der Waals surface area contributed by atoms with Crippen molar-refractivity contribution in [2.45, 2.75) is 13.5 Å². The van der Waals surface area contributed by atoms with E-state index in [1.165, 1.54) is 13.0 Å². The maximum absolute atomic E-state index is 11.0. The summed E-state index contributed by atoms with van der Waals surface area (Å²) in [6, 6.07) is 12.1. The molecule has 5 nitrogen and oxygen atoms in total. The van der Waals surface area contributed by atoms with E-state index in [0.717, 1.165) is 5.69 Å². The summed E-state index contributed by atoms with van der Waals surface area (Å²) in [4.78, 5) is 11.0. The molecule has 104 valence electrons. The van der Waals surface area contributed by atoms with Gasteiger partial charge in [0.1, 0.15) is 0 Å². The van der Waals surface area contributed by atoms with E-state index in [1.54, 1.807) is 24.3 Å². The van der Waals surface area contributed by atoms with Crippen LogP contribution in [-0.4, -0.2) is 16.1 Å². The van der Waals surface area contributed by atoms with Crippen LogP contribution < -0.4 is 10.6 Å². The van der Waals surface area contributed by atoms with E-state index in [1.807, 2.05) is 12.1 Å². The monoisotopic (exact) mass is 272 g/mol. The molecule has 2 aromatic rings. The molecule has 0 heterocycles. The number of aromatic hydroxyl groups is 2. The molecule has 0 fully saturated rings. The Morgan fingerprint density at radius 2 is 1.80 bits per heavy atom. The zero-order valence-electron chi connectivity index (χ0n) is 11.1. The van der Waals surface area contributed by atoms with Gasteiger partial charge in [0.25, 0.3) is 0 Å². The highest BCUT2D eigenvalue weighted by Crippen LogP contribution is 2.28. The van der Waals surface area contributed by atoms with Crippen LogP contribution in [0.1, 0.15) is 12.5 Å². The zero-order chi connectivity index (χ0) is 14.5. The van der Waals surface area contributed by atoms with Crippen LogP contribution in [0.15, 0.2) is 42.5 Å². The maximum atomic E-state index is 11.0. The van der Waals surface area contributed by atoms with Gasteiger partial charge in [-0.05, 0) is 24.3 Å². The van der Waals surface area contributed by atoms with E-state index >= 15 is 0 Å². The molecule has 0 unspecified atom stereocenters. The van der Waals surface area contributed by atoms with Gasteiger partial charge >= 0.3 is 0 Å². The zero-order valence-corrected chi connectivity index (χ0v) is 11.1. The van der Waals surface area contributed by atoms with Gasteiger partial charge in [-0.3, -0.25) is 4.79 Å². The van der Waals surface area contributed by atoms with E-state index in [0.29, 0.717) is 17.8 Å². The number of hydrogen-bond donors (Lipinski definition) is 4. The molecule has 0 radical (unpaired) electrons. The van der Waals surface area contributed by atoms with E-state index < -0.39 is 0 Å². The van der Waals surface area contributed by atoms with Crippen LogP contribution in [0.3, 0.4) is 0 Å². The van der Waals surface area contributed by atoms with E-state index in [2.05, 4.69) is 10.6 Å². The van der Waals surface area contributed by atoms with Crippen molar-refractivity contribution in [3.8, 4) is 11.5 Å². The normalized spacial score (nSPS) is 10.1. The van der Waals surface area contributed by atoms with Crippen molar-refractivity contribution in [3.63, 3.8) is 0 Å². The predicted octanol–water partition coefficient (Wildman–Crippen LogP) is 2.67. The minimum Gasteiger partial charge on any atom is -0.504 e. The fraction of sp³-hybridized carbons (Fsp3) is 0.133. The molecule has 0 aliphatic heterocycles. The van der Waals surface area contributed by atoms with Crippen LogP contribution >= 0.6 is 0 Å². The molecule has 2 rings (SSSR count). The average Bonchev–Trinajstić information content (AvgIpc) is 2.40. The summed E-state index contributed by atoms with van der Waals surface area (Å²) >= 11 is 0. The first-order chi connectivity index (χ1) is 9.56. The lowest BCUT2D eigenvalue weighted by atomic mass is 10.2. The number of rotatable bonds is 4. The predicted molar refractivity (Wildman–Crippen MR) is 77.8 cm³/mol. The summed E-state index contributed by atoms with van der Waals surface area (Å²) in [7, 11) is 0. The number of phenols is 2. The Labute approximate surface area is 116 Å². The van der Waals surface area contributed by atoms with Crippen molar-refractivity contribution < 1.29 is 15.0 Å². The number of anilines is 2. The second-order valence-corrected chi connectivity index (χ2v) is 4.40. The largest absolute Gasteiger partial charge is 0.504 e. The van der Waals surface area contributed by atoms with Crippen molar-refractivity contribution in [2.75, 3.05) is 10.6 Å². The molecule has 0 aliphatic rings. The maximum Gasteiger partial charge on any atom is 0.221 e. The molecule has 0 saturated heterocycles. The van der Waals surface area contributed by atoms with Crippen LogP contribution in [0, 0.1) is 0 Å². The van der Waals surface area contributed by atoms with Crippen LogP contribution in [0.4, 0.5) is 11.4 Å². The standard InChI is InChI=1S/C15H16N2O3/c1-10(18)17-13-6-3-5-12(8-13)16-9-11-4-2-7-14(19)15(11)20/h2-8,16,19-20H,9H2,1H3,(H,17,18). The molecule has 0 atom stereocenters. The molecule has 20 heavy (non-hydrogen) atoms. The molecular weight excluding hydrogens is 256 g/mol. The lowest BCUT2D eigenvalue weighted by Crippen LogP contribution is -2.06. The summed E-state index contributed by atoms with van der Waals surface area (Å²) in [5.41, 5.74) is 2.09. The number of phenolic OH excluding ortho intramolecular Hbond substituents is 2. The Morgan fingerprint density at radius 1 is 1.10 bits per heavy atom. The molecular formula is C15H16N2O3. The minimum absolute atomic E-state index is 0.127. The second-order valence-electron chi connectivity index (χ2n) is 4.40. The number of benzene rings is 2. The van der Waals surface area contributed by atoms with Crippen LogP contribution in [0.5, 0.6) is 11.5 Å². The molecule has 0 aromatic heterocycles. The van der Waals surface area contributed by atoms with E-state index in [9.17, 15) is 15.0 Å². The number of carbonyl (C=O) groups excluding carboxylic acids is 1. The molecule has 4 N–H and O–H groups in total. The lowest BCUT2D eigenvalue weighted by molar-refractivity contribution is -0.114. The second kappa shape index (κ2) is 5.97. The number of nitrogens with one attached hydrogen (secondary N) is 2. The third kappa shape index (κ3) is 3.41. The summed E-state index contributed by atoms with van der Waals surface area (Å²) in [6.45, 7) is 1.81. The van der Waals surface area contributed by atoms with Gasteiger partial charge in [0.2, 0.25) is 5.91 Å². The fourth-order valence-electron chi connectivity index (χ4n) is 1.83. The fourth-order valence-corrected chi connectivity index (χ4v) is 1.83. The molecule has 0 saturated carbocycles. The number of para-hydroxylation sites is 1. The first-order valence-electron chi connectivity index (χ1n) is 6.17. The molecule has 0 aliphatic carbocycles. The smallest absolute Gasteiger partial charge is 0.221 e. The first kappa shape index (κ1) is 13.7. The number of amides is 1. The van der Waals surface area contributed by atoms with Crippen molar-refractivity contribution >= 4 is 17.3 Å². The van der Waals surface area contributed by atoms with E-state index in [-0.39, 0.29) is 17.4 Å². The van der Waals surface area contributed by atoms with Crippen LogP contribution in [0.25, 0.3) is 0 Å². The molecule has 1 amide bonds. The van der Waals surface area contributed by atoms with Crippen molar-refractivity contribution in [1.82, 2.24) is 0 Å². The average molecular weight is 272 g/mol. The van der Waals surface area contributed by atoms with Crippen LogP contribution in [0.2, 0.25) is 0 Å².